The van der Waals surface area contributed by atoms with Crippen LogP contribution in [0.3, 0.4) is 0 Å². The SMILES string of the molecule is COc1c(C(C)(C)N)ccc(Cl)c1F. The molecule has 0 aromatic heterocycles. The lowest BCUT2D eigenvalue weighted by Crippen LogP contribution is -2.29. The van der Waals surface area contributed by atoms with Crippen molar-refractivity contribution in [3.63, 3.8) is 0 Å². The van der Waals surface area contributed by atoms with E-state index in [1.54, 1.807) is 19.9 Å². The van der Waals surface area contributed by atoms with E-state index < -0.39 is 11.4 Å². The van der Waals surface area contributed by atoms with Gasteiger partial charge in [-0.2, -0.15) is 0 Å². The zero-order valence-corrected chi connectivity index (χ0v) is 9.15. The van der Waals surface area contributed by atoms with Gasteiger partial charge in [0.05, 0.1) is 12.1 Å². The van der Waals surface area contributed by atoms with E-state index in [1.807, 2.05) is 0 Å². The Balaban J connectivity index is 3.39. The molecule has 78 valence electrons. The molecule has 14 heavy (non-hydrogen) atoms. The minimum atomic E-state index is -0.656. The number of rotatable bonds is 2. The fourth-order valence-electron chi connectivity index (χ4n) is 1.24. The summed E-state index contributed by atoms with van der Waals surface area (Å²) in [4.78, 5) is 0. The van der Waals surface area contributed by atoms with Crippen LogP contribution in [0.4, 0.5) is 4.39 Å². The van der Waals surface area contributed by atoms with Gasteiger partial charge in [-0.15, -0.1) is 0 Å². The van der Waals surface area contributed by atoms with Gasteiger partial charge in [-0.3, -0.25) is 0 Å². The van der Waals surface area contributed by atoms with Gasteiger partial charge in [0.15, 0.2) is 11.6 Å². The molecule has 0 spiro atoms. The number of nitrogens with two attached hydrogens (primary N) is 1. The molecule has 0 unspecified atom stereocenters. The van der Waals surface area contributed by atoms with Gasteiger partial charge < -0.3 is 10.5 Å². The van der Waals surface area contributed by atoms with E-state index in [4.69, 9.17) is 22.1 Å². The molecule has 1 rings (SSSR count). The first kappa shape index (κ1) is 11.3. The van der Waals surface area contributed by atoms with E-state index in [0.717, 1.165) is 0 Å². The van der Waals surface area contributed by atoms with Gasteiger partial charge in [-0.25, -0.2) is 4.39 Å². The molecule has 0 aliphatic carbocycles. The summed E-state index contributed by atoms with van der Waals surface area (Å²) in [6, 6.07) is 3.15. The second kappa shape index (κ2) is 3.75. The molecule has 2 N–H and O–H groups in total. The third kappa shape index (κ3) is 1.99. The Kier molecular flexibility index (Phi) is 3.02. The minimum absolute atomic E-state index is 0.0369. The maximum absolute atomic E-state index is 13.5. The summed E-state index contributed by atoms with van der Waals surface area (Å²) < 4.78 is 18.4. The van der Waals surface area contributed by atoms with Crippen molar-refractivity contribution in [1.82, 2.24) is 0 Å². The van der Waals surface area contributed by atoms with E-state index in [2.05, 4.69) is 0 Å². The summed E-state index contributed by atoms with van der Waals surface area (Å²) in [5.41, 5.74) is 5.81. The van der Waals surface area contributed by atoms with Gasteiger partial charge in [-0.05, 0) is 19.9 Å². The van der Waals surface area contributed by atoms with Crippen LogP contribution < -0.4 is 10.5 Å². The van der Waals surface area contributed by atoms with Crippen molar-refractivity contribution in [2.24, 2.45) is 5.73 Å². The summed E-state index contributed by atoms with van der Waals surface area (Å²) in [6.45, 7) is 3.55. The number of halogens is 2. The topological polar surface area (TPSA) is 35.2 Å². The van der Waals surface area contributed by atoms with Crippen LogP contribution in [-0.4, -0.2) is 7.11 Å². The zero-order chi connectivity index (χ0) is 10.9. The molecule has 2 nitrogen and oxygen atoms in total. The maximum Gasteiger partial charge on any atom is 0.183 e. The normalized spacial score (nSPS) is 11.6. The average Bonchev–Trinajstić information content (AvgIpc) is 2.07. The minimum Gasteiger partial charge on any atom is -0.493 e. The van der Waals surface area contributed by atoms with Crippen LogP contribution in [0, 0.1) is 5.82 Å². The Hall–Kier alpha value is -0.800. The highest BCUT2D eigenvalue weighted by atomic mass is 35.5. The smallest absolute Gasteiger partial charge is 0.183 e. The van der Waals surface area contributed by atoms with Crippen molar-refractivity contribution in [2.75, 3.05) is 7.11 Å². The summed E-state index contributed by atoms with van der Waals surface area (Å²) in [7, 11) is 1.39. The third-order valence-corrected chi connectivity index (χ3v) is 2.24. The predicted molar refractivity (Wildman–Crippen MR) is 55.2 cm³/mol. The highest BCUT2D eigenvalue weighted by Crippen LogP contribution is 2.33. The van der Waals surface area contributed by atoms with Crippen LogP contribution in [-0.2, 0) is 5.54 Å². The van der Waals surface area contributed by atoms with E-state index in [1.165, 1.54) is 13.2 Å². The molecule has 0 bridgehead atoms. The molecule has 1 aromatic carbocycles. The van der Waals surface area contributed by atoms with Crippen molar-refractivity contribution in [1.29, 1.82) is 0 Å². The Morgan fingerprint density at radius 1 is 1.43 bits per heavy atom. The molecular formula is C10H13ClFNO. The molecule has 0 atom stereocenters. The lowest BCUT2D eigenvalue weighted by Gasteiger charge is -2.22. The first-order valence-electron chi connectivity index (χ1n) is 4.19. The third-order valence-electron chi connectivity index (χ3n) is 1.95. The van der Waals surface area contributed by atoms with E-state index in [9.17, 15) is 4.39 Å². The fraction of sp³-hybridized carbons (Fsp3) is 0.400. The summed E-state index contributed by atoms with van der Waals surface area (Å²) in [5.74, 6) is -0.449. The number of benzene rings is 1. The zero-order valence-electron chi connectivity index (χ0n) is 8.40. The van der Waals surface area contributed by atoms with Gasteiger partial charge >= 0.3 is 0 Å². The molecule has 4 heteroatoms. The van der Waals surface area contributed by atoms with E-state index in [-0.39, 0.29) is 10.8 Å². The largest absolute Gasteiger partial charge is 0.493 e. The summed E-state index contributed by atoms with van der Waals surface area (Å²) in [5, 5.41) is 0.0369. The molecule has 0 radical (unpaired) electrons. The molecule has 0 fully saturated rings. The Morgan fingerprint density at radius 3 is 2.43 bits per heavy atom. The molecule has 0 heterocycles. The fourth-order valence-corrected chi connectivity index (χ4v) is 1.39. The van der Waals surface area contributed by atoms with Gasteiger partial charge in [0.25, 0.3) is 0 Å². The Labute approximate surface area is 87.8 Å². The van der Waals surface area contributed by atoms with Crippen molar-refractivity contribution in [3.8, 4) is 5.75 Å². The number of hydrogen-bond acceptors (Lipinski definition) is 2. The van der Waals surface area contributed by atoms with Crippen molar-refractivity contribution in [3.05, 3.63) is 28.5 Å². The molecule has 1 aromatic rings. The molecule has 0 saturated heterocycles. The van der Waals surface area contributed by atoms with Crippen LogP contribution in [0.25, 0.3) is 0 Å². The molecular weight excluding hydrogens is 205 g/mol. The van der Waals surface area contributed by atoms with Crippen LogP contribution in [0.2, 0.25) is 5.02 Å². The lowest BCUT2D eigenvalue weighted by molar-refractivity contribution is 0.368. The molecule has 0 amide bonds. The van der Waals surface area contributed by atoms with Crippen LogP contribution >= 0.6 is 11.6 Å². The average molecular weight is 218 g/mol. The van der Waals surface area contributed by atoms with Gasteiger partial charge in [0.2, 0.25) is 0 Å². The molecule has 0 aliphatic rings. The van der Waals surface area contributed by atoms with Gasteiger partial charge in [0.1, 0.15) is 0 Å². The van der Waals surface area contributed by atoms with Crippen molar-refractivity contribution in [2.45, 2.75) is 19.4 Å². The standard InChI is InChI=1S/C10H13ClFNO/c1-10(2,13)6-4-5-7(11)8(12)9(6)14-3/h4-5H,13H2,1-3H3. The Bertz CT molecular complexity index is 347. The lowest BCUT2D eigenvalue weighted by atomic mass is 9.94. The second-order valence-corrected chi connectivity index (χ2v) is 4.07. The first-order chi connectivity index (χ1) is 6.38. The summed E-state index contributed by atoms with van der Waals surface area (Å²) >= 11 is 5.62. The Morgan fingerprint density at radius 2 is 2.00 bits per heavy atom. The number of hydrogen-bond donors (Lipinski definition) is 1. The first-order valence-corrected chi connectivity index (χ1v) is 4.57. The highest BCUT2D eigenvalue weighted by molar-refractivity contribution is 6.30. The second-order valence-electron chi connectivity index (χ2n) is 3.66. The van der Waals surface area contributed by atoms with Gasteiger partial charge in [0, 0.05) is 11.1 Å². The number of ether oxygens (including phenoxy) is 1. The molecule has 0 aliphatic heterocycles. The van der Waals surface area contributed by atoms with Crippen molar-refractivity contribution >= 4 is 11.6 Å². The monoisotopic (exact) mass is 217 g/mol. The number of methoxy groups -OCH3 is 1. The summed E-state index contributed by atoms with van der Waals surface area (Å²) in [6.07, 6.45) is 0. The van der Waals surface area contributed by atoms with Crippen LogP contribution in [0.1, 0.15) is 19.4 Å². The van der Waals surface area contributed by atoms with E-state index >= 15 is 0 Å². The van der Waals surface area contributed by atoms with Crippen molar-refractivity contribution < 1.29 is 9.13 Å². The maximum atomic E-state index is 13.5. The highest BCUT2D eigenvalue weighted by Gasteiger charge is 2.23. The van der Waals surface area contributed by atoms with E-state index in [0.29, 0.717) is 5.56 Å². The van der Waals surface area contributed by atoms with Crippen LogP contribution in [0.5, 0.6) is 5.75 Å². The van der Waals surface area contributed by atoms with Crippen LogP contribution in [0.15, 0.2) is 12.1 Å². The predicted octanol–water partition coefficient (Wildman–Crippen LogP) is 2.68. The quantitative estimate of drug-likeness (QED) is 0.827. The van der Waals surface area contributed by atoms with Gasteiger partial charge in [-0.1, -0.05) is 17.7 Å². The molecule has 0 saturated carbocycles.